The molecular weight excluding hydrogens is 336 g/mol. The van der Waals surface area contributed by atoms with Crippen LogP contribution in [0.15, 0.2) is 66.2 Å². The molecule has 1 N–H and O–H groups in total. The fourth-order valence-corrected chi connectivity index (χ4v) is 2.98. The van der Waals surface area contributed by atoms with Crippen LogP contribution >= 0.6 is 11.3 Å². The molecule has 0 radical (unpaired) electrons. The zero-order valence-electron chi connectivity index (χ0n) is 12.9. The summed E-state index contributed by atoms with van der Waals surface area (Å²) in [7, 11) is 0. The smallest absolute Gasteiger partial charge is 0.292 e. The summed E-state index contributed by atoms with van der Waals surface area (Å²) in [5.41, 5.74) is 2.33. The average molecular weight is 348 g/mol. The van der Waals surface area contributed by atoms with E-state index >= 15 is 0 Å². The Morgan fingerprint density at radius 2 is 1.92 bits per heavy atom. The third-order valence-electron chi connectivity index (χ3n) is 3.40. The molecule has 122 valence electrons. The minimum Gasteiger partial charge on any atom is -0.355 e. The lowest BCUT2D eigenvalue weighted by Crippen LogP contribution is -1.96. The van der Waals surface area contributed by atoms with Gasteiger partial charge in [-0.1, -0.05) is 42.5 Å². The number of nitro benzene ring substituents is 1. The van der Waals surface area contributed by atoms with E-state index in [1.54, 1.807) is 18.2 Å². The van der Waals surface area contributed by atoms with Gasteiger partial charge in [-0.2, -0.15) is 5.26 Å². The second-order valence-electron chi connectivity index (χ2n) is 4.99. The molecule has 0 fully saturated rings. The molecule has 0 bridgehead atoms. The van der Waals surface area contributed by atoms with Crippen molar-refractivity contribution in [3.05, 3.63) is 81.3 Å². The molecule has 25 heavy (non-hydrogen) atoms. The van der Waals surface area contributed by atoms with Crippen LogP contribution < -0.4 is 5.32 Å². The van der Waals surface area contributed by atoms with Gasteiger partial charge in [0, 0.05) is 23.2 Å². The van der Waals surface area contributed by atoms with E-state index in [9.17, 15) is 15.4 Å². The van der Waals surface area contributed by atoms with Gasteiger partial charge in [-0.25, -0.2) is 4.98 Å². The molecule has 6 nitrogen and oxygen atoms in total. The quantitative estimate of drug-likeness (QED) is 0.410. The Hall–Kier alpha value is -3.50. The third-order valence-corrected chi connectivity index (χ3v) is 4.27. The maximum absolute atomic E-state index is 11.0. The Labute approximate surface area is 147 Å². The van der Waals surface area contributed by atoms with Crippen molar-refractivity contribution in [3.8, 4) is 17.3 Å². The standard InChI is InChI=1S/C18H12N4O2S/c19-10-14(11-20-15-8-4-5-9-17(15)22(23)24)18-21-16(12-25-18)13-6-2-1-3-7-13/h1-9,11-12,20H. The summed E-state index contributed by atoms with van der Waals surface area (Å²) in [6.07, 6.45) is 1.44. The second kappa shape index (κ2) is 7.38. The van der Waals surface area contributed by atoms with Gasteiger partial charge in [0.15, 0.2) is 0 Å². The molecular formula is C18H12N4O2S. The molecule has 0 aliphatic rings. The van der Waals surface area contributed by atoms with Crippen LogP contribution in [0.2, 0.25) is 0 Å². The topological polar surface area (TPSA) is 91.8 Å². The molecule has 2 aromatic carbocycles. The van der Waals surface area contributed by atoms with Gasteiger partial charge in [0.25, 0.3) is 5.69 Å². The number of para-hydroxylation sites is 2. The zero-order chi connectivity index (χ0) is 17.6. The van der Waals surface area contributed by atoms with Gasteiger partial charge in [0.1, 0.15) is 22.3 Å². The van der Waals surface area contributed by atoms with Crippen molar-refractivity contribution in [1.82, 2.24) is 4.98 Å². The number of nitrogens with zero attached hydrogens (tertiary/aromatic N) is 3. The molecule has 0 aliphatic carbocycles. The van der Waals surface area contributed by atoms with E-state index in [1.807, 2.05) is 35.7 Å². The number of thiazole rings is 1. The number of hydrogen-bond acceptors (Lipinski definition) is 6. The van der Waals surface area contributed by atoms with Gasteiger partial charge < -0.3 is 5.32 Å². The number of rotatable bonds is 5. The normalized spacial score (nSPS) is 10.9. The van der Waals surface area contributed by atoms with E-state index in [1.165, 1.54) is 23.6 Å². The molecule has 7 heteroatoms. The second-order valence-corrected chi connectivity index (χ2v) is 5.85. The number of nitrogens with one attached hydrogen (secondary N) is 1. The third kappa shape index (κ3) is 3.71. The lowest BCUT2D eigenvalue weighted by molar-refractivity contribution is -0.383. The molecule has 0 atom stereocenters. The summed E-state index contributed by atoms with van der Waals surface area (Å²) in [4.78, 5) is 15.0. The minimum absolute atomic E-state index is 0.0554. The van der Waals surface area contributed by atoms with Crippen LogP contribution in [0, 0.1) is 21.4 Å². The van der Waals surface area contributed by atoms with Gasteiger partial charge in [0.2, 0.25) is 0 Å². The lowest BCUT2D eigenvalue weighted by atomic mass is 10.2. The molecule has 0 amide bonds. The molecule has 3 aromatic rings. The van der Waals surface area contributed by atoms with Crippen LogP contribution in [0.1, 0.15) is 5.01 Å². The molecule has 1 aromatic heterocycles. The van der Waals surface area contributed by atoms with E-state index in [2.05, 4.69) is 16.4 Å². The van der Waals surface area contributed by atoms with E-state index < -0.39 is 4.92 Å². The molecule has 0 saturated heterocycles. The van der Waals surface area contributed by atoms with Gasteiger partial charge in [-0.15, -0.1) is 11.3 Å². The number of nitriles is 1. The van der Waals surface area contributed by atoms with Crippen LogP contribution in [0.25, 0.3) is 16.8 Å². The van der Waals surface area contributed by atoms with Gasteiger partial charge in [-0.05, 0) is 6.07 Å². The summed E-state index contributed by atoms with van der Waals surface area (Å²) in [6.45, 7) is 0. The van der Waals surface area contributed by atoms with Crippen molar-refractivity contribution in [2.24, 2.45) is 0 Å². The van der Waals surface area contributed by atoms with Crippen LogP contribution in [0.5, 0.6) is 0 Å². The summed E-state index contributed by atoms with van der Waals surface area (Å²) < 4.78 is 0. The first-order valence-corrected chi connectivity index (χ1v) is 8.18. The average Bonchev–Trinajstić information content (AvgIpc) is 3.13. The highest BCUT2D eigenvalue weighted by Gasteiger charge is 2.13. The Morgan fingerprint density at radius 3 is 2.64 bits per heavy atom. The maximum atomic E-state index is 11.0. The van der Waals surface area contributed by atoms with E-state index in [0.717, 1.165) is 11.3 Å². The van der Waals surface area contributed by atoms with Gasteiger partial charge in [0.05, 0.1) is 10.6 Å². The van der Waals surface area contributed by atoms with E-state index in [4.69, 9.17) is 0 Å². The lowest BCUT2D eigenvalue weighted by Gasteiger charge is -2.02. The number of aromatic nitrogens is 1. The predicted octanol–water partition coefficient (Wildman–Crippen LogP) is 4.69. The maximum Gasteiger partial charge on any atom is 0.292 e. The molecule has 0 aliphatic heterocycles. The van der Waals surface area contributed by atoms with Crippen molar-refractivity contribution in [1.29, 1.82) is 5.26 Å². The number of hydrogen-bond donors (Lipinski definition) is 1. The Morgan fingerprint density at radius 1 is 1.20 bits per heavy atom. The van der Waals surface area contributed by atoms with Crippen molar-refractivity contribution in [2.45, 2.75) is 0 Å². The zero-order valence-corrected chi connectivity index (χ0v) is 13.7. The largest absolute Gasteiger partial charge is 0.355 e. The van der Waals surface area contributed by atoms with Crippen molar-refractivity contribution in [3.63, 3.8) is 0 Å². The van der Waals surface area contributed by atoms with Crippen molar-refractivity contribution >= 4 is 28.3 Å². The fraction of sp³-hybridized carbons (Fsp3) is 0. The van der Waals surface area contributed by atoms with E-state index in [0.29, 0.717) is 16.3 Å². The first-order valence-electron chi connectivity index (χ1n) is 7.30. The van der Waals surface area contributed by atoms with Crippen molar-refractivity contribution in [2.75, 3.05) is 5.32 Å². The van der Waals surface area contributed by atoms with Crippen LogP contribution in [-0.4, -0.2) is 9.91 Å². The van der Waals surface area contributed by atoms with E-state index in [-0.39, 0.29) is 5.69 Å². The summed E-state index contributed by atoms with van der Waals surface area (Å²) in [6, 6.07) is 18.0. The van der Waals surface area contributed by atoms with Crippen LogP contribution in [0.4, 0.5) is 11.4 Å². The number of allylic oxidation sites excluding steroid dienone is 1. The number of benzene rings is 2. The Kier molecular flexibility index (Phi) is 4.83. The Bertz CT molecular complexity index is 974. The van der Waals surface area contributed by atoms with Gasteiger partial charge >= 0.3 is 0 Å². The SMILES string of the molecule is N#CC(=CNc1ccccc1[N+](=O)[O-])c1nc(-c2ccccc2)cs1. The number of anilines is 1. The molecule has 0 saturated carbocycles. The predicted molar refractivity (Wildman–Crippen MR) is 97.9 cm³/mol. The summed E-state index contributed by atoms with van der Waals surface area (Å²) in [5, 5.41) is 25.7. The van der Waals surface area contributed by atoms with Crippen LogP contribution in [0.3, 0.4) is 0 Å². The van der Waals surface area contributed by atoms with Gasteiger partial charge in [-0.3, -0.25) is 10.1 Å². The van der Waals surface area contributed by atoms with Crippen LogP contribution in [-0.2, 0) is 0 Å². The first kappa shape index (κ1) is 16.4. The number of nitro groups is 1. The summed E-state index contributed by atoms with van der Waals surface area (Å²) in [5.74, 6) is 0. The molecule has 1 heterocycles. The molecule has 0 spiro atoms. The minimum atomic E-state index is -0.473. The van der Waals surface area contributed by atoms with Crippen molar-refractivity contribution < 1.29 is 4.92 Å². The highest BCUT2D eigenvalue weighted by atomic mass is 32.1. The first-order chi connectivity index (χ1) is 12.2. The molecule has 3 rings (SSSR count). The Balaban J connectivity index is 1.87. The summed E-state index contributed by atoms with van der Waals surface area (Å²) >= 11 is 1.35. The molecule has 0 unspecified atom stereocenters. The monoisotopic (exact) mass is 348 g/mol. The highest BCUT2D eigenvalue weighted by molar-refractivity contribution is 7.11. The fourth-order valence-electron chi connectivity index (χ4n) is 2.19. The highest BCUT2D eigenvalue weighted by Crippen LogP contribution is 2.27.